The summed E-state index contributed by atoms with van der Waals surface area (Å²) < 4.78 is 0.354. The highest BCUT2D eigenvalue weighted by Crippen LogP contribution is 2.58. The van der Waals surface area contributed by atoms with Gasteiger partial charge in [-0.15, -0.1) is 0 Å². The van der Waals surface area contributed by atoms with Crippen LogP contribution >= 0.6 is 15.9 Å². The molecule has 2 heterocycles. The molecule has 2 aliphatic carbocycles. The molecule has 2 nitrogen and oxygen atoms in total. The van der Waals surface area contributed by atoms with Gasteiger partial charge in [0.05, 0.1) is 0 Å². The van der Waals surface area contributed by atoms with Crippen LogP contribution in [0.5, 0.6) is 0 Å². The Morgan fingerprint density at radius 1 is 1.38 bits per heavy atom. The van der Waals surface area contributed by atoms with Crippen molar-refractivity contribution in [3.8, 4) is 0 Å². The second-order valence-corrected chi connectivity index (χ2v) is 7.22. The molecule has 2 aliphatic heterocycles. The van der Waals surface area contributed by atoms with Crippen LogP contribution in [0.3, 0.4) is 0 Å². The Morgan fingerprint density at radius 2 is 2.15 bits per heavy atom. The van der Waals surface area contributed by atoms with Crippen molar-refractivity contribution < 1.29 is 5.21 Å². The third kappa shape index (κ3) is 1.07. The summed E-state index contributed by atoms with van der Waals surface area (Å²) in [5, 5.41) is 11.7. The van der Waals surface area contributed by atoms with E-state index in [9.17, 15) is 5.21 Å². The lowest BCUT2D eigenvalue weighted by molar-refractivity contribution is -0.263. The van der Waals surface area contributed by atoms with Gasteiger partial charge in [0.15, 0.2) is 0 Å². The largest absolute Gasteiger partial charge is 0.313 e. The lowest BCUT2D eigenvalue weighted by Crippen LogP contribution is -2.67. The van der Waals surface area contributed by atoms with E-state index in [1.54, 1.807) is 5.06 Å². The van der Waals surface area contributed by atoms with Crippen molar-refractivity contribution in [2.45, 2.75) is 54.9 Å². The van der Waals surface area contributed by atoms with Crippen LogP contribution in [-0.2, 0) is 0 Å². The van der Waals surface area contributed by atoms with E-state index < -0.39 is 0 Å². The molecule has 74 valence electrons. The fourth-order valence-electron chi connectivity index (χ4n) is 4.05. The van der Waals surface area contributed by atoms with Gasteiger partial charge in [0.2, 0.25) is 0 Å². The summed E-state index contributed by atoms with van der Waals surface area (Å²) in [5.74, 6) is 0.847. The Kier molecular flexibility index (Phi) is 1.55. The minimum absolute atomic E-state index is 0.0631. The smallest absolute Gasteiger partial charge is 0.0451 e. The van der Waals surface area contributed by atoms with E-state index in [0.717, 1.165) is 18.8 Å². The van der Waals surface area contributed by atoms with Crippen LogP contribution < -0.4 is 0 Å². The maximum atomic E-state index is 10.0. The average molecular weight is 246 g/mol. The first-order valence-electron chi connectivity index (χ1n) is 5.18. The number of rotatable bonds is 0. The molecule has 13 heavy (non-hydrogen) atoms. The van der Waals surface area contributed by atoms with E-state index in [1.807, 2.05) is 0 Å². The highest BCUT2D eigenvalue weighted by atomic mass is 79.9. The second-order valence-electron chi connectivity index (χ2n) is 5.54. The van der Waals surface area contributed by atoms with E-state index in [4.69, 9.17) is 0 Å². The van der Waals surface area contributed by atoms with Gasteiger partial charge < -0.3 is 5.21 Å². The quantitative estimate of drug-likeness (QED) is 0.664. The predicted molar refractivity (Wildman–Crippen MR) is 54.1 cm³/mol. The number of nitrogens with zero attached hydrogens (tertiary/aromatic N) is 1. The predicted octanol–water partition coefficient (Wildman–Crippen LogP) is 2.55. The number of hydrogen-bond acceptors (Lipinski definition) is 2. The zero-order valence-electron chi connectivity index (χ0n) is 7.96. The third-order valence-corrected chi connectivity index (χ3v) is 5.11. The van der Waals surface area contributed by atoms with Crippen LogP contribution in [-0.4, -0.2) is 26.2 Å². The van der Waals surface area contributed by atoms with Crippen LogP contribution in [0, 0.1) is 5.92 Å². The zero-order valence-corrected chi connectivity index (χ0v) is 9.55. The maximum Gasteiger partial charge on any atom is 0.0451 e. The molecule has 2 saturated heterocycles. The summed E-state index contributed by atoms with van der Waals surface area (Å²) in [7, 11) is 0. The molecular formula is C10H16BrNO. The first-order valence-corrected chi connectivity index (χ1v) is 5.97. The van der Waals surface area contributed by atoms with Gasteiger partial charge in [-0.3, -0.25) is 0 Å². The SMILES string of the molecule is CC12CC3CC(CC(Br)(C3)C1)N2O. The first kappa shape index (κ1) is 8.69. The molecule has 1 N–H and O–H groups in total. The standard InChI is InChI=1S/C10H16BrNO/c1-9-3-7-2-8(12(9)13)5-10(11,4-7)6-9/h7-8,13H,2-6H2,1H3. The van der Waals surface area contributed by atoms with Crippen molar-refractivity contribution in [3.63, 3.8) is 0 Å². The van der Waals surface area contributed by atoms with Crippen molar-refractivity contribution in [1.82, 2.24) is 5.06 Å². The lowest BCUT2D eigenvalue weighted by atomic mass is 9.59. The van der Waals surface area contributed by atoms with Crippen LogP contribution in [0.4, 0.5) is 0 Å². The van der Waals surface area contributed by atoms with Gasteiger partial charge in [0.1, 0.15) is 0 Å². The minimum Gasteiger partial charge on any atom is -0.313 e. The Hall–Kier alpha value is 0.400. The molecule has 2 saturated carbocycles. The average Bonchev–Trinajstić information content (AvgIpc) is 1.96. The van der Waals surface area contributed by atoms with Gasteiger partial charge in [0, 0.05) is 15.9 Å². The maximum absolute atomic E-state index is 10.0. The van der Waals surface area contributed by atoms with Crippen LogP contribution in [0.1, 0.15) is 39.0 Å². The van der Waals surface area contributed by atoms with Gasteiger partial charge in [-0.2, -0.15) is 5.06 Å². The zero-order chi connectivity index (χ0) is 9.27. The second kappa shape index (κ2) is 2.31. The van der Waals surface area contributed by atoms with Crippen LogP contribution in [0.2, 0.25) is 0 Å². The molecule has 0 radical (unpaired) electrons. The highest BCUT2D eigenvalue weighted by Gasteiger charge is 2.58. The molecule has 0 aromatic carbocycles. The first-order chi connectivity index (χ1) is 6.01. The molecule has 4 unspecified atom stereocenters. The summed E-state index contributed by atoms with van der Waals surface area (Å²) in [4.78, 5) is 0. The van der Waals surface area contributed by atoms with Crippen LogP contribution in [0.15, 0.2) is 0 Å². The molecule has 0 aromatic heterocycles. The van der Waals surface area contributed by atoms with Gasteiger partial charge in [-0.1, -0.05) is 15.9 Å². The Balaban J connectivity index is 2.01. The Morgan fingerprint density at radius 3 is 2.77 bits per heavy atom. The molecular weight excluding hydrogens is 230 g/mol. The van der Waals surface area contributed by atoms with Crippen LogP contribution in [0.25, 0.3) is 0 Å². The van der Waals surface area contributed by atoms with Crippen molar-refractivity contribution in [1.29, 1.82) is 0 Å². The summed E-state index contributed by atoms with van der Waals surface area (Å²) >= 11 is 3.88. The van der Waals surface area contributed by atoms with Crippen molar-refractivity contribution in [2.75, 3.05) is 0 Å². The molecule has 4 bridgehead atoms. The normalized spacial score (nSPS) is 60.2. The lowest BCUT2D eigenvalue weighted by Gasteiger charge is -2.62. The molecule has 0 aromatic rings. The topological polar surface area (TPSA) is 23.5 Å². The molecule has 4 fully saturated rings. The van der Waals surface area contributed by atoms with Crippen molar-refractivity contribution >= 4 is 15.9 Å². The van der Waals surface area contributed by atoms with E-state index >= 15 is 0 Å². The number of halogens is 1. The number of hydroxylamine groups is 2. The van der Waals surface area contributed by atoms with Gasteiger partial charge >= 0.3 is 0 Å². The number of alkyl halides is 1. The third-order valence-electron chi connectivity index (χ3n) is 4.19. The van der Waals surface area contributed by atoms with E-state index in [2.05, 4.69) is 22.9 Å². The fourth-order valence-corrected chi connectivity index (χ4v) is 5.49. The minimum atomic E-state index is 0.0631. The summed E-state index contributed by atoms with van der Waals surface area (Å²) in [6.45, 7) is 2.21. The van der Waals surface area contributed by atoms with Gasteiger partial charge in [-0.05, 0) is 44.9 Å². The number of piperidine rings is 2. The molecule has 4 rings (SSSR count). The Labute approximate surface area is 87.4 Å². The Bertz CT molecular complexity index is 259. The monoisotopic (exact) mass is 245 g/mol. The van der Waals surface area contributed by atoms with Crippen molar-refractivity contribution in [3.05, 3.63) is 0 Å². The van der Waals surface area contributed by atoms with E-state index in [0.29, 0.717) is 10.4 Å². The molecule has 0 amide bonds. The number of hydrogen-bond donors (Lipinski definition) is 1. The summed E-state index contributed by atoms with van der Waals surface area (Å²) in [6.07, 6.45) is 5.97. The molecule has 0 spiro atoms. The molecule has 4 atom stereocenters. The van der Waals surface area contributed by atoms with E-state index in [1.165, 1.54) is 19.3 Å². The fraction of sp³-hybridized carbons (Fsp3) is 1.00. The molecule has 4 aliphatic rings. The van der Waals surface area contributed by atoms with Gasteiger partial charge in [0.25, 0.3) is 0 Å². The summed E-state index contributed by atoms with van der Waals surface area (Å²) in [6, 6.07) is 0.422. The van der Waals surface area contributed by atoms with Crippen molar-refractivity contribution in [2.24, 2.45) is 5.92 Å². The molecule has 3 heteroatoms. The van der Waals surface area contributed by atoms with E-state index in [-0.39, 0.29) is 5.54 Å². The van der Waals surface area contributed by atoms with Gasteiger partial charge in [-0.25, -0.2) is 0 Å². The summed E-state index contributed by atoms with van der Waals surface area (Å²) in [5.41, 5.74) is 0.0631. The highest BCUT2D eigenvalue weighted by molar-refractivity contribution is 9.10.